The minimum Gasteiger partial charge on any atom is -0.356 e. The van der Waals surface area contributed by atoms with Gasteiger partial charge in [0.15, 0.2) is 5.96 Å². The molecule has 0 amide bonds. The fourth-order valence-corrected chi connectivity index (χ4v) is 4.68. The molecule has 0 bridgehead atoms. The maximum Gasteiger partial charge on any atom is 0.191 e. The van der Waals surface area contributed by atoms with Crippen LogP contribution in [0.3, 0.4) is 0 Å². The zero-order valence-electron chi connectivity index (χ0n) is 14.9. The summed E-state index contributed by atoms with van der Waals surface area (Å²) in [6, 6.07) is 4.34. The molecule has 0 aliphatic carbocycles. The van der Waals surface area contributed by atoms with Crippen LogP contribution in [0.5, 0.6) is 0 Å². The highest BCUT2D eigenvalue weighted by atomic mass is 127. The van der Waals surface area contributed by atoms with Crippen molar-refractivity contribution in [3.63, 3.8) is 0 Å². The Balaban J connectivity index is 0.00000243. The summed E-state index contributed by atoms with van der Waals surface area (Å²) in [5.74, 6) is 0.805. The standard InChI is InChI=1S/C17H21N5S3.HI/c1-11-8-20-16(24-11)9-21-17(18-3)19-7-6-13-4-5-15(25-13)14-10-23-12(2)22-14;/h4-5,8,10H,6-7,9H2,1-3H3,(H2,18,19,21);1H. The molecule has 0 atom stereocenters. The van der Waals surface area contributed by atoms with Crippen molar-refractivity contribution in [3.8, 4) is 10.6 Å². The van der Waals surface area contributed by atoms with Crippen LogP contribution in [0.25, 0.3) is 10.6 Å². The molecule has 3 aromatic rings. The zero-order chi connectivity index (χ0) is 17.6. The maximum absolute atomic E-state index is 4.55. The van der Waals surface area contributed by atoms with Gasteiger partial charge in [-0.1, -0.05) is 0 Å². The van der Waals surface area contributed by atoms with E-state index in [9.17, 15) is 0 Å². The van der Waals surface area contributed by atoms with Crippen LogP contribution in [-0.2, 0) is 13.0 Å². The summed E-state index contributed by atoms with van der Waals surface area (Å²) in [6.45, 7) is 5.64. The molecule has 9 heteroatoms. The van der Waals surface area contributed by atoms with Crippen LogP contribution in [0, 0.1) is 13.8 Å². The minimum absolute atomic E-state index is 0. The van der Waals surface area contributed by atoms with Crippen LogP contribution >= 0.6 is 58.0 Å². The van der Waals surface area contributed by atoms with Gasteiger partial charge in [0.25, 0.3) is 0 Å². The predicted molar refractivity (Wildman–Crippen MR) is 124 cm³/mol. The molecule has 0 aromatic carbocycles. The van der Waals surface area contributed by atoms with E-state index in [1.165, 1.54) is 14.6 Å². The summed E-state index contributed by atoms with van der Waals surface area (Å²) in [6.07, 6.45) is 2.86. The van der Waals surface area contributed by atoms with Crippen molar-refractivity contribution >= 4 is 63.9 Å². The minimum atomic E-state index is 0. The van der Waals surface area contributed by atoms with Gasteiger partial charge in [0.05, 0.1) is 22.1 Å². The van der Waals surface area contributed by atoms with Crippen LogP contribution in [0.1, 0.15) is 19.8 Å². The molecule has 0 saturated carbocycles. The van der Waals surface area contributed by atoms with Gasteiger partial charge >= 0.3 is 0 Å². The summed E-state index contributed by atoms with van der Waals surface area (Å²) in [5, 5.41) is 11.0. The topological polar surface area (TPSA) is 62.2 Å². The third-order valence-corrected chi connectivity index (χ3v) is 6.35. The largest absolute Gasteiger partial charge is 0.356 e. The molecule has 5 nitrogen and oxygen atoms in total. The fraction of sp³-hybridized carbons (Fsp3) is 0.353. The average molecular weight is 520 g/mol. The van der Waals surface area contributed by atoms with E-state index in [-0.39, 0.29) is 24.0 Å². The van der Waals surface area contributed by atoms with Gasteiger partial charge in [0.1, 0.15) is 5.01 Å². The van der Waals surface area contributed by atoms with Gasteiger partial charge in [-0.3, -0.25) is 4.99 Å². The molecule has 0 spiro atoms. The van der Waals surface area contributed by atoms with Crippen LogP contribution in [-0.4, -0.2) is 29.5 Å². The molecule has 0 saturated heterocycles. The molecule has 0 fully saturated rings. The first-order chi connectivity index (χ1) is 12.1. The number of guanidine groups is 1. The van der Waals surface area contributed by atoms with Crippen LogP contribution < -0.4 is 10.6 Å². The average Bonchev–Trinajstić information content (AvgIpc) is 3.32. The van der Waals surface area contributed by atoms with E-state index >= 15 is 0 Å². The number of nitrogens with one attached hydrogen (secondary N) is 2. The molecule has 3 aromatic heterocycles. The molecule has 2 N–H and O–H groups in total. The molecule has 0 radical (unpaired) electrons. The predicted octanol–water partition coefficient (Wildman–Crippen LogP) is 4.47. The van der Waals surface area contributed by atoms with Crippen molar-refractivity contribution in [1.82, 2.24) is 20.6 Å². The Morgan fingerprint density at radius 1 is 1.19 bits per heavy atom. The number of thiazole rings is 2. The molecule has 0 aliphatic rings. The lowest BCUT2D eigenvalue weighted by Crippen LogP contribution is -2.37. The van der Waals surface area contributed by atoms with Crippen molar-refractivity contribution in [2.75, 3.05) is 13.6 Å². The zero-order valence-corrected chi connectivity index (χ0v) is 19.7. The Morgan fingerprint density at radius 3 is 2.69 bits per heavy atom. The van der Waals surface area contributed by atoms with Gasteiger partial charge in [-0.05, 0) is 32.4 Å². The molecule has 26 heavy (non-hydrogen) atoms. The Morgan fingerprint density at radius 2 is 2.04 bits per heavy atom. The summed E-state index contributed by atoms with van der Waals surface area (Å²) in [5.41, 5.74) is 1.09. The summed E-state index contributed by atoms with van der Waals surface area (Å²) in [4.78, 5) is 17.0. The maximum atomic E-state index is 4.55. The van der Waals surface area contributed by atoms with Gasteiger partial charge in [0, 0.05) is 34.9 Å². The van der Waals surface area contributed by atoms with Crippen LogP contribution in [0.4, 0.5) is 0 Å². The Bertz CT molecular complexity index is 852. The first-order valence-corrected chi connectivity index (χ1v) is 10.5. The molecule has 3 heterocycles. The normalized spacial score (nSPS) is 11.3. The third-order valence-electron chi connectivity index (χ3n) is 3.50. The highest BCUT2D eigenvalue weighted by molar-refractivity contribution is 14.0. The lowest BCUT2D eigenvalue weighted by molar-refractivity contribution is 0.796. The van der Waals surface area contributed by atoms with Gasteiger partial charge in [0.2, 0.25) is 0 Å². The first kappa shape index (κ1) is 21.3. The van der Waals surface area contributed by atoms with Crippen molar-refractivity contribution in [3.05, 3.63) is 43.5 Å². The van der Waals surface area contributed by atoms with Crippen LogP contribution in [0.2, 0.25) is 0 Å². The van der Waals surface area contributed by atoms with Crippen molar-refractivity contribution in [1.29, 1.82) is 0 Å². The molecule has 140 valence electrons. The number of rotatable bonds is 6. The highest BCUT2D eigenvalue weighted by Gasteiger charge is 2.07. The van der Waals surface area contributed by atoms with E-state index in [0.29, 0.717) is 6.54 Å². The number of aryl methyl sites for hydroxylation is 2. The van der Waals surface area contributed by atoms with E-state index in [2.05, 4.69) is 50.0 Å². The van der Waals surface area contributed by atoms with Crippen molar-refractivity contribution < 1.29 is 0 Å². The van der Waals surface area contributed by atoms with Gasteiger partial charge < -0.3 is 10.6 Å². The van der Waals surface area contributed by atoms with E-state index in [1.807, 2.05) is 24.5 Å². The summed E-state index contributed by atoms with van der Waals surface area (Å²) in [7, 11) is 1.79. The number of aromatic nitrogens is 2. The Labute approximate surface area is 183 Å². The summed E-state index contributed by atoms with van der Waals surface area (Å²) >= 11 is 5.20. The fourth-order valence-electron chi connectivity index (χ4n) is 2.29. The molecule has 0 unspecified atom stereocenters. The van der Waals surface area contributed by atoms with Crippen LogP contribution in [0.15, 0.2) is 28.7 Å². The van der Waals surface area contributed by atoms with Crippen molar-refractivity contribution in [2.24, 2.45) is 4.99 Å². The van der Waals surface area contributed by atoms with Crippen molar-refractivity contribution in [2.45, 2.75) is 26.8 Å². The smallest absolute Gasteiger partial charge is 0.191 e. The quantitative estimate of drug-likeness (QED) is 0.287. The highest BCUT2D eigenvalue weighted by Crippen LogP contribution is 2.29. The second-order valence-electron chi connectivity index (χ2n) is 5.48. The van der Waals surface area contributed by atoms with Gasteiger partial charge in [-0.25, -0.2) is 9.97 Å². The van der Waals surface area contributed by atoms with E-state index in [1.54, 1.807) is 29.7 Å². The van der Waals surface area contributed by atoms with Gasteiger partial charge in [-0.2, -0.15) is 0 Å². The second kappa shape index (κ2) is 10.3. The Kier molecular flexibility index (Phi) is 8.45. The number of nitrogens with zero attached hydrogens (tertiary/aromatic N) is 3. The second-order valence-corrected chi connectivity index (χ2v) is 9.03. The number of aliphatic imine (C=N–C) groups is 1. The van der Waals surface area contributed by atoms with E-state index in [0.717, 1.165) is 34.6 Å². The number of hydrogen-bond donors (Lipinski definition) is 2. The molecule has 3 rings (SSSR count). The summed E-state index contributed by atoms with van der Waals surface area (Å²) < 4.78 is 0. The Hall–Kier alpha value is -1.04. The lowest BCUT2D eigenvalue weighted by Gasteiger charge is -2.10. The molecular weight excluding hydrogens is 497 g/mol. The SMILES string of the molecule is CN=C(NCCc1ccc(-c2csc(C)n2)s1)NCc1ncc(C)s1.I. The molecule has 0 aliphatic heterocycles. The third kappa shape index (κ3) is 6.00. The first-order valence-electron chi connectivity index (χ1n) is 8.01. The van der Waals surface area contributed by atoms with E-state index < -0.39 is 0 Å². The lowest BCUT2D eigenvalue weighted by atomic mass is 10.3. The van der Waals surface area contributed by atoms with E-state index in [4.69, 9.17) is 0 Å². The number of halogens is 1. The number of thiophene rings is 1. The monoisotopic (exact) mass is 519 g/mol. The van der Waals surface area contributed by atoms with Gasteiger partial charge in [-0.15, -0.1) is 58.0 Å². The number of hydrogen-bond acceptors (Lipinski definition) is 6. The molecular formula is C17H22IN5S3.